The predicted octanol–water partition coefficient (Wildman–Crippen LogP) is 3.77. The minimum absolute atomic E-state index is 0.360. The standard InChI is InChI=1S/C32H32N2O8/c1-19(31(37)39-3)33-27(35)17-41-25-15-13-21-9-5-7-11-23(21)29(25)30-24-12-8-6-10-22(24)14-16-26(30)42-18-28(36)34-20(2)32(38)40-4/h5-16,19-20H,17-18H2,1-4H3,(H,33,35)(H,34,36)/t19-,20-/m0/s1. The summed E-state index contributed by atoms with van der Waals surface area (Å²) in [6.45, 7) is 2.32. The van der Waals surface area contributed by atoms with Crippen molar-refractivity contribution in [3.8, 4) is 22.6 Å². The second-order valence-electron chi connectivity index (χ2n) is 9.52. The maximum absolute atomic E-state index is 12.6. The minimum Gasteiger partial charge on any atom is -0.483 e. The Bertz CT molecular complexity index is 1510. The van der Waals surface area contributed by atoms with Crippen molar-refractivity contribution in [2.45, 2.75) is 25.9 Å². The van der Waals surface area contributed by atoms with Gasteiger partial charge in [-0.3, -0.25) is 9.59 Å². The van der Waals surface area contributed by atoms with E-state index >= 15 is 0 Å². The summed E-state index contributed by atoms with van der Waals surface area (Å²) in [5.74, 6) is -1.34. The molecule has 4 aromatic rings. The van der Waals surface area contributed by atoms with Crippen molar-refractivity contribution in [3.05, 3.63) is 72.8 Å². The number of ether oxygens (including phenoxy) is 4. The highest BCUT2D eigenvalue weighted by molar-refractivity contribution is 6.10. The SMILES string of the molecule is COC(=O)[C@H](C)NC(=O)COc1ccc2ccccc2c1-c1c(OCC(=O)N[C@@H](C)C(=O)OC)ccc2ccccc12. The first-order valence-electron chi connectivity index (χ1n) is 13.3. The largest absolute Gasteiger partial charge is 0.483 e. The number of carbonyl (C=O) groups excluding carboxylic acids is 4. The molecular weight excluding hydrogens is 540 g/mol. The first-order valence-corrected chi connectivity index (χ1v) is 13.3. The maximum atomic E-state index is 12.6. The van der Waals surface area contributed by atoms with E-state index in [-0.39, 0.29) is 13.2 Å². The van der Waals surface area contributed by atoms with E-state index in [1.165, 1.54) is 28.1 Å². The van der Waals surface area contributed by atoms with Gasteiger partial charge in [-0.15, -0.1) is 0 Å². The summed E-state index contributed by atoms with van der Waals surface area (Å²) >= 11 is 0. The summed E-state index contributed by atoms with van der Waals surface area (Å²) in [6.07, 6.45) is 0. The fourth-order valence-corrected chi connectivity index (χ4v) is 4.58. The second-order valence-corrected chi connectivity index (χ2v) is 9.52. The van der Waals surface area contributed by atoms with Gasteiger partial charge in [0.15, 0.2) is 13.2 Å². The molecule has 0 fully saturated rings. The summed E-state index contributed by atoms with van der Waals surface area (Å²) < 4.78 is 21.4. The van der Waals surface area contributed by atoms with Gasteiger partial charge in [0.1, 0.15) is 23.6 Å². The Morgan fingerprint density at radius 2 is 0.976 bits per heavy atom. The molecule has 10 heteroatoms. The van der Waals surface area contributed by atoms with Crippen LogP contribution in [0.25, 0.3) is 32.7 Å². The lowest BCUT2D eigenvalue weighted by Gasteiger charge is -2.20. The van der Waals surface area contributed by atoms with Gasteiger partial charge >= 0.3 is 11.9 Å². The van der Waals surface area contributed by atoms with Crippen molar-refractivity contribution >= 4 is 45.3 Å². The van der Waals surface area contributed by atoms with Gasteiger partial charge in [0, 0.05) is 11.1 Å². The monoisotopic (exact) mass is 572 g/mol. The average Bonchev–Trinajstić information content (AvgIpc) is 3.01. The molecule has 2 atom stereocenters. The highest BCUT2D eigenvalue weighted by Gasteiger charge is 2.22. The average molecular weight is 573 g/mol. The smallest absolute Gasteiger partial charge is 0.328 e. The van der Waals surface area contributed by atoms with Crippen LogP contribution in [0.2, 0.25) is 0 Å². The van der Waals surface area contributed by atoms with Crippen LogP contribution in [0.4, 0.5) is 0 Å². The normalized spacial score (nSPS) is 12.2. The van der Waals surface area contributed by atoms with E-state index in [0.717, 1.165) is 21.5 Å². The molecule has 4 rings (SSSR count). The molecule has 0 bridgehead atoms. The summed E-state index contributed by atoms with van der Waals surface area (Å²) in [6, 6.07) is 21.1. The van der Waals surface area contributed by atoms with E-state index in [2.05, 4.69) is 20.1 Å². The van der Waals surface area contributed by atoms with E-state index in [9.17, 15) is 19.2 Å². The number of rotatable bonds is 11. The van der Waals surface area contributed by atoms with Crippen LogP contribution in [0, 0.1) is 0 Å². The topological polar surface area (TPSA) is 129 Å². The second kappa shape index (κ2) is 13.5. The molecule has 218 valence electrons. The molecule has 10 nitrogen and oxygen atoms in total. The number of methoxy groups -OCH3 is 2. The first kappa shape index (κ1) is 29.9. The number of hydrogen-bond acceptors (Lipinski definition) is 8. The lowest BCUT2D eigenvalue weighted by Crippen LogP contribution is -2.41. The summed E-state index contributed by atoms with van der Waals surface area (Å²) in [5.41, 5.74) is 1.33. The van der Waals surface area contributed by atoms with Gasteiger partial charge in [0.25, 0.3) is 11.8 Å². The lowest BCUT2D eigenvalue weighted by molar-refractivity contribution is -0.145. The van der Waals surface area contributed by atoms with Gasteiger partial charge in [-0.2, -0.15) is 0 Å². The van der Waals surface area contributed by atoms with Crippen molar-refractivity contribution in [2.75, 3.05) is 27.4 Å². The summed E-state index contributed by atoms with van der Waals surface area (Å²) in [4.78, 5) is 48.7. The van der Waals surface area contributed by atoms with Crippen molar-refractivity contribution in [2.24, 2.45) is 0 Å². The minimum atomic E-state index is -0.840. The molecule has 0 aromatic heterocycles. The van der Waals surface area contributed by atoms with Crippen LogP contribution in [-0.2, 0) is 28.7 Å². The van der Waals surface area contributed by atoms with E-state index in [1.807, 2.05) is 60.7 Å². The van der Waals surface area contributed by atoms with Crippen LogP contribution in [-0.4, -0.2) is 63.3 Å². The van der Waals surface area contributed by atoms with E-state index in [1.54, 1.807) is 12.1 Å². The molecule has 0 aliphatic carbocycles. The third-order valence-electron chi connectivity index (χ3n) is 6.61. The van der Waals surface area contributed by atoms with Crippen LogP contribution in [0.15, 0.2) is 72.8 Å². The number of amides is 2. The van der Waals surface area contributed by atoms with Gasteiger partial charge in [0.2, 0.25) is 0 Å². The zero-order valence-electron chi connectivity index (χ0n) is 23.8. The highest BCUT2D eigenvalue weighted by atomic mass is 16.5. The number of fused-ring (bicyclic) bond motifs is 2. The zero-order valence-corrected chi connectivity index (χ0v) is 23.8. The Balaban J connectivity index is 1.75. The van der Waals surface area contributed by atoms with Gasteiger partial charge in [0.05, 0.1) is 14.2 Å². The van der Waals surface area contributed by atoms with E-state index in [0.29, 0.717) is 22.6 Å². The van der Waals surface area contributed by atoms with Gasteiger partial charge < -0.3 is 29.6 Å². The van der Waals surface area contributed by atoms with Gasteiger partial charge in [-0.25, -0.2) is 9.59 Å². The van der Waals surface area contributed by atoms with E-state index in [4.69, 9.17) is 9.47 Å². The molecule has 2 amide bonds. The Morgan fingerprint density at radius 1 is 0.595 bits per heavy atom. The number of hydrogen-bond donors (Lipinski definition) is 2. The summed E-state index contributed by atoms with van der Waals surface area (Å²) in [5, 5.41) is 8.64. The Labute approximate surface area is 242 Å². The number of nitrogens with one attached hydrogen (secondary N) is 2. The first-order chi connectivity index (χ1) is 20.2. The Morgan fingerprint density at radius 3 is 1.36 bits per heavy atom. The summed E-state index contributed by atoms with van der Waals surface area (Å²) in [7, 11) is 2.49. The van der Waals surface area contributed by atoms with Crippen LogP contribution < -0.4 is 20.1 Å². The van der Waals surface area contributed by atoms with Gasteiger partial charge in [-0.1, -0.05) is 60.7 Å². The highest BCUT2D eigenvalue weighted by Crippen LogP contribution is 2.45. The van der Waals surface area contributed by atoms with E-state index < -0.39 is 35.8 Å². The van der Waals surface area contributed by atoms with Gasteiger partial charge in [-0.05, 0) is 47.5 Å². The molecule has 2 N–H and O–H groups in total. The molecule has 0 heterocycles. The molecular formula is C32H32N2O8. The number of esters is 2. The molecule has 0 saturated heterocycles. The molecule has 4 aromatic carbocycles. The predicted molar refractivity (Wildman–Crippen MR) is 157 cm³/mol. The fourth-order valence-electron chi connectivity index (χ4n) is 4.58. The molecule has 0 aliphatic rings. The molecule has 0 spiro atoms. The van der Waals surface area contributed by atoms with Crippen LogP contribution in [0.3, 0.4) is 0 Å². The lowest BCUT2D eigenvalue weighted by atomic mass is 9.92. The van der Waals surface area contributed by atoms with Crippen LogP contribution in [0.5, 0.6) is 11.5 Å². The maximum Gasteiger partial charge on any atom is 0.328 e. The van der Waals surface area contributed by atoms with Crippen molar-refractivity contribution in [3.63, 3.8) is 0 Å². The molecule has 0 saturated carbocycles. The van der Waals surface area contributed by atoms with Crippen molar-refractivity contribution in [1.29, 1.82) is 0 Å². The Kier molecular flexibility index (Phi) is 9.59. The number of carbonyl (C=O) groups is 4. The van der Waals surface area contributed by atoms with Crippen LogP contribution >= 0.6 is 0 Å². The Hall–Kier alpha value is -5.12. The number of benzene rings is 4. The quantitative estimate of drug-likeness (QED) is 0.260. The molecule has 0 unspecified atom stereocenters. The third-order valence-corrected chi connectivity index (χ3v) is 6.61. The molecule has 0 aliphatic heterocycles. The van der Waals surface area contributed by atoms with Crippen molar-refractivity contribution in [1.82, 2.24) is 10.6 Å². The molecule has 0 radical (unpaired) electrons. The van der Waals surface area contributed by atoms with Crippen molar-refractivity contribution < 1.29 is 38.1 Å². The molecule has 42 heavy (non-hydrogen) atoms. The third kappa shape index (κ3) is 6.77. The van der Waals surface area contributed by atoms with Crippen LogP contribution in [0.1, 0.15) is 13.8 Å². The fraction of sp³-hybridized carbons (Fsp3) is 0.250. The zero-order chi connectivity index (χ0) is 30.2.